The largest absolute Gasteiger partial charge is 0.387 e. The average Bonchev–Trinajstić information content (AvgIpc) is 2.57. The zero-order chi connectivity index (χ0) is 15.4. The Kier molecular flexibility index (Phi) is 4.88. The quantitative estimate of drug-likeness (QED) is 0.910. The Hall–Kier alpha value is -1.68. The zero-order valence-corrected chi connectivity index (χ0v) is 13.1. The summed E-state index contributed by atoms with van der Waals surface area (Å²) in [5, 5.41) is 14.0. The summed E-state index contributed by atoms with van der Waals surface area (Å²) in [5.41, 5.74) is 3.53. The molecule has 2 aromatic rings. The van der Waals surface area contributed by atoms with Gasteiger partial charge in [-0.15, -0.1) is 0 Å². The van der Waals surface area contributed by atoms with Gasteiger partial charge in [0.1, 0.15) is 0 Å². The van der Waals surface area contributed by atoms with Crippen LogP contribution in [0.4, 0.5) is 0 Å². The van der Waals surface area contributed by atoms with E-state index in [0.717, 1.165) is 25.2 Å². The second kappa shape index (κ2) is 7.05. The second-order valence-corrected chi connectivity index (χ2v) is 6.05. The fraction of sp³-hybridized carbons (Fsp3) is 0.368. The molecule has 0 saturated carbocycles. The van der Waals surface area contributed by atoms with Gasteiger partial charge in [0.2, 0.25) is 0 Å². The van der Waals surface area contributed by atoms with Gasteiger partial charge in [-0.05, 0) is 18.1 Å². The fourth-order valence-electron chi connectivity index (χ4n) is 3.08. The number of nitrogens with zero attached hydrogens (tertiary/aromatic N) is 1. The van der Waals surface area contributed by atoms with Crippen molar-refractivity contribution in [2.45, 2.75) is 19.1 Å². The molecule has 2 N–H and O–H groups in total. The van der Waals surface area contributed by atoms with Crippen LogP contribution in [0.15, 0.2) is 54.6 Å². The van der Waals surface area contributed by atoms with Crippen LogP contribution in [-0.2, 0) is 0 Å². The summed E-state index contributed by atoms with van der Waals surface area (Å²) in [6, 6.07) is 19.1. The minimum Gasteiger partial charge on any atom is -0.387 e. The maximum Gasteiger partial charge on any atom is 0.0917 e. The van der Waals surface area contributed by atoms with E-state index >= 15 is 0 Å². The summed E-state index contributed by atoms with van der Waals surface area (Å²) in [6.45, 7) is 5.61. The van der Waals surface area contributed by atoms with Gasteiger partial charge in [-0.2, -0.15) is 0 Å². The van der Waals surface area contributed by atoms with Crippen LogP contribution in [0.25, 0.3) is 0 Å². The lowest BCUT2D eigenvalue weighted by Gasteiger charge is -2.37. The van der Waals surface area contributed by atoms with E-state index in [4.69, 9.17) is 0 Å². The maximum absolute atomic E-state index is 10.6. The van der Waals surface area contributed by atoms with Gasteiger partial charge in [0, 0.05) is 32.2 Å². The number of β-amino-alcohol motifs (C(OH)–C–C–N with tert-alkyl or cyclic N) is 1. The Balaban J connectivity index is 1.72. The molecule has 3 rings (SSSR count). The van der Waals surface area contributed by atoms with E-state index in [2.05, 4.69) is 53.5 Å². The van der Waals surface area contributed by atoms with Crippen molar-refractivity contribution in [1.29, 1.82) is 0 Å². The number of rotatable bonds is 4. The molecule has 0 spiro atoms. The van der Waals surface area contributed by atoms with Gasteiger partial charge in [-0.25, -0.2) is 0 Å². The van der Waals surface area contributed by atoms with Crippen molar-refractivity contribution < 1.29 is 5.11 Å². The van der Waals surface area contributed by atoms with Crippen LogP contribution in [0.5, 0.6) is 0 Å². The molecular weight excluding hydrogens is 272 g/mol. The van der Waals surface area contributed by atoms with Gasteiger partial charge in [-0.1, -0.05) is 60.2 Å². The molecule has 1 fully saturated rings. The van der Waals surface area contributed by atoms with Gasteiger partial charge in [0.15, 0.2) is 0 Å². The lowest BCUT2D eigenvalue weighted by Crippen LogP contribution is -2.47. The third-order valence-electron chi connectivity index (χ3n) is 4.41. The number of aliphatic hydroxyl groups is 1. The topological polar surface area (TPSA) is 35.5 Å². The Morgan fingerprint density at radius 2 is 1.86 bits per heavy atom. The van der Waals surface area contributed by atoms with Crippen LogP contribution in [0.1, 0.15) is 28.8 Å². The van der Waals surface area contributed by atoms with Crippen molar-refractivity contribution in [1.82, 2.24) is 10.2 Å². The van der Waals surface area contributed by atoms with Crippen molar-refractivity contribution in [2.75, 3.05) is 26.2 Å². The first kappa shape index (κ1) is 15.2. The molecule has 1 heterocycles. The summed E-state index contributed by atoms with van der Waals surface area (Å²) in [5.74, 6) is 0. The number of hydrogen-bond donors (Lipinski definition) is 2. The number of nitrogens with one attached hydrogen (secondary N) is 1. The summed E-state index contributed by atoms with van der Waals surface area (Å²) in [4.78, 5) is 2.39. The van der Waals surface area contributed by atoms with E-state index in [1.807, 2.05) is 18.2 Å². The van der Waals surface area contributed by atoms with Crippen LogP contribution >= 0.6 is 0 Å². The molecule has 116 valence electrons. The van der Waals surface area contributed by atoms with Gasteiger partial charge in [0.05, 0.1) is 6.10 Å². The fourth-order valence-corrected chi connectivity index (χ4v) is 3.08. The number of piperazine rings is 1. The van der Waals surface area contributed by atoms with Crippen LogP contribution < -0.4 is 5.32 Å². The average molecular weight is 296 g/mol. The monoisotopic (exact) mass is 296 g/mol. The molecule has 2 unspecified atom stereocenters. The molecule has 22 heavy (non-hydrogen) atoms. The van der Waals surface area contributed by atoms with Gasteiger partial charge in [-0.3, -0.25) is 4.90 Å². The van der Waals surface area contributed by atoms with Crippen LogP contribution in [0, 0.1) is 6.92 Å². The highest BCUT2D eigenvalue weighted by molar-refractivity contribution is 5.24. The SMILES string of the molecule is Cc1ccc(C(O)CN2CCNCC2c2ccccc2)cc1. The molecule has 2 atom stereocenters. The van der Waals surface area contributed by atoms with E-state index in [1.165, 1.54) is 11.1 Å². The molecule has 0 aliphatic carbocycles. The Morgan fingerprint density at radius 3 is 2.59 bits per heavy atom. The third kappa shape index (κ3) is 3.55. The Morgan fingerprint density at radius 1 is 1.14 bits per heavy atom. The number of benzene rings is 2. The van der Waals surface area contributed by atoms with Crippen LogP contribution in [0.2, 0.25) is 0 Å². The summed E-state index contributed by atoms with van der Waals surface area (Å²) in [7, 11) is 0. The molecule has 0 aromatic heterocycles. The summed E-state index contributed by atoms with van der Waals surface area (Å²) in [6.07, 6.45) is -0.440. The van der Waals surface area contributed by atoms with E-state index in [-0.39, 0.29) is 0 Å². The second-order valence-electron chi connectivity index (χ2n) is 6.05. The number of aryl methyl sites for hydroxylation is 1. The van der Waals surface area contributed by atoms with Gasteiger partial charge >= 0.3 is 0 Å². The highest BCUT2D eigenvalue weighted by Gasteiger charge is 2.25. The van der Waals surface area contributed by atoms with Crippen LogP contribution in [0.3, 0.4) is 0 Å². The predicted molar refractivity (Wildman–Crippen MR) is 89.8 cm³/mol. The molecule has 0 bridgehead atoms. The molecular formula is C19H24N2O. The Bertz CT molecular complexity index is 582. The molecule has 3 nitrogen and oxygen atoms in total. The highest BCUT2D eigenvalue weighted by Crippen LogP contribution is 2.25. The predicted octanol–water partition coefficient (Wildman–Crippen LogP) is 2.67. The smallest absolute Gasteiger partial charge is 0.0917 e. The first-order valence-corrected chi connectivity index (χ1v) is 7.98. The van der Waals surface area contributed by atoms with Crippen molar-refractivity contribution in [3.63, 3.8) is 0 Å². The molecule has 2 aromatic carbocycles. The number of hydrogen-bond acceptors (Lipinski definition) is 3. The van der Waals surface area contributed by atoms with Crippen LogP contribution in [-0.4, -0.2) is 36.2 Å². The minimum atomic E-state index is -0.440. The van der Waals surface area contributed by atoms with Gasteiger partial charge in [0.25, 0.3) is 0 Å². The molecule has 1 aliphatic rings. The molecule has 1 saturated heterocycles. The van der Waals surface area contributed by atoms with Gasteiger partial charge < -0.3 is 10.4 Å². The minimum absolute atomic E-state index is 0.329. The lowest BCUT2D eigenvalue weighted by molar-refractivity contribution is 0.0733. The maximum atomic E-state index is 10.6. The first-order valence-electron chi connectivity index (χ1n) is 7.98. The van der Waals surface area contributed by atoms with E-state index in [9.17, 15) is 5.11 Å². The summed E-state index contributed by atoms with van der Waals surface area (Å²) >= 11 is 0. The van der Waals surface area contributed by atoms with E-state index < -0.39 is 6.10 Å². The van der Waals surface area contributed by atoms with E-state index in [0.29, 0.717) is 12.6 Å². The molecule has 1 aliphatic heterocycles. The first-order chi connectivity index (χ1) is 10.7. The third-order valence-corrected chi connectivity index (χ3v) is 4.41. The highest BCUT2D eigenvalue weighted by atomic mass is 16.3. The Labute approximate surface area is 132 Å². The van der Waals surface area contributed by atoms with Crippen molar-refractivity contribution in [3.8, 4) is 0 Å². The van der Waals surface area contributed by atoms with Crippen molar-refractivity contribution in [2.24, 2.45) is 0 Å². The standard InChI is InChI=1S/C19H24N2O/c1-15-7-9-17(10-8-15)19(22)14-21-12-11-20-13-18(21)16-5-3-2-4-6-16/h2-10,18-20,22H,11-14H2,1H3. The number of aliphatic hydroxyl groups excluding tert-OH is 1. The van der Waals surface area contributed by atoms with Crippen molar-refractivity contribution >= 4 is 0 Å². The van der Waals surface area contributed by atoms with E-state index in [1.54, 1.807) is 0 Å². The summed E-state index contributed by atoms with van der Waals surface area (Å²) < 4.78 is 0. The van der Waals surface area contributed by atoms with Crippen molar-refractivity contribution in [3.05, 3.63) is 71.3 Å². The lowest BCUT2D eigenvalue weighted by atomic mass is 10.0. The molecule has 3 heteroatoms. The molecule has 0 amide bonds. The molecule has 0 radical (unpaired) electrons. The normalized spacial score (nSPS) is 20.7. The zero-order valence-electron chi connectivity index (χ0n) is 13.1.